The zero-order chi connectivity index (χ0) is 15.7. The highest BCUT2D eigenvalue weighted by atomic mass is 127. The van der Waals surface area contributed by atoms with Gasteiger partial charge in [-0.1, -0.05) is 13.8 Å². The number of nitrogens with one attached hydrogen (secondary N) is 1. The van der Waals surface area contributed by atoms with E-state index in [1.54, 1.807) is 7.11 Å². The minimum atomic E-state index is 0. The maximum Gasteiger partial charge on any atom is 0.194 e. The number of fused-ring (bicyclic) bond motifs is 1. The maximum absolute atomic E-state index is 5.88. The van der Waals surface area contributed by atoms with Crippen LogP contribution in [0.25, 0.3) is 0 Å². The molecule has 2 aliphatic heterocycles. The van der Waals surface area contributed by atoms with Crippen LogP contribution in [0.1, 0.15) is 20.3 Å². The van der Waals surface area contributed by atoms with Crippen LogP contribution in [0.3, 0.4) is 0 Å². The molecule has 23 heavy (non-hydrogen) atoms. The third-order valence-electron chi connectivity index (χ3n) is 5.39. The molecule has 0 aromatic rings. The fourth-order valence-electron chi connectivity index (χ4n) is 4.25. The number of morpholine rings is 1. The molecule has 2 heterocycles. The summed E-state index contributed by atoms with van der Waals surface area (Å²) in [5.41, 5.74) is 0.162. The Balaban J connectivity index is 0.00000192. The molecule has 3 rings (SSSR count). The molecule has 0 aromatic carbocycles. The van der Waals surface area contributed by atoms with Crippen LogP contribution in [0, 0.1) is 11.3 Å². The van der Waals surface area contributed by atoms with E-state index in [1.807, 2.05) is 7.05 Å². The van der Waals surface area contributed by atoms with Crippen LogP contribution >= 0.6 is 24.0 Å². The van der Waals surface area contributed by atoms with E-state index in [0.29, 0.717) is 24.7 Å². The van der Waals surface area contributed by atoms with Crippen molar-refractivity contribution in [1.82, 2.24) is 10.2 Å². The molecule has 134 valence electrons. The molecule has 3 fully saturated rings. The van der Waals surface area contributed by atoms with E-state index in [-0.39, 0.29) is 35.5 Å². The summed E-state index contributed by atoms with van der Waals surface area (Å²) in [5, 5.41) is 3.70. The number of aliphatic imine (C=N–C) groups is 1. The smallest absolute Gasteiger partial charge is 0.194 e. The van der Waals surface area contributed by atoms with Gasteiger partial charge in [0, 0.05) is 51.2 Å². The third-order valence-corrected chi connectivity index (χ3v) is 5.39. The van der Waals surface area contributed by atoms with Gasteiger partial charge < -0.3 is 24.4 Å². The summed E-state index contributed by atoms with van der Waals surface area (Å²) in [6, 6.07) is 0.433. The summed E-state index contributed by atoms with van der Waals surface area (Å²) in [4.78, 5) is 6.79. The van der Waals surface area contributed by atoms with Crippen molar-refractivity contribution >= 4 is 29.9 Å². The first-order valence-corrected chi connectivity index (χ1v) is 8.28. The lowest BCUT2D eigenvalue weighted by Crippen LogP contribution is -2.68. The van der Waals surface area contributed by atoms with Gasteiger partial charge in [0.2, 0.25) is 0 Å². The quantitative estimate of drug-likeness (QED) is 0.409. The minimum Gasteiger partial charge on any atom is -0.382 e. The minimum absolute atomic E-state index is 0. The Hall–Kier alpha value is -0.120. The van der Waals surface area contributed by atoms with Gasteiger partial charge in [-0.25, -0.2) is 0 Å². The third kappa shape index (κ3) is 3.62. The van der Waals surface area contributed by atoms with Gasteiger partial charge in [-0.2, -0.15) is 0 Å². The Morgan fingerprint density at radius 1 is 1.35 bits per heavy atom. The molecule has 0 amide bonds. The van der Waals surface area contributed by atoms with Crippen LogP contribution < -0.4 is 5.32 Å². The van der Waals surface area contributed by atoms with Crippen LogP contribution in [0.5, 0.6) is 0 Å². The fourth-order valence-corrected chi connectivity index (χ4v) is 4.25. The van der Waals surface area contributed by atoms with Crippen molar-refractivity contribution < 1.29 is 14.2 Å². The van der Waals surface area contributed by atoms with E-state index in [0.717, 1.165) is 38.7 Å². The van der Waals surface area contributed by atoms with E-state index in [9.17, 15) is 0 Å². The molecule has 4 unspecified atom stereocenters. The molecule has 6 nitrogen and oxygen atoms in total. The summed E-state index contributed by atoms with van der Waals surface area (Å²) in [6.45, 7) is 8.51. The highest BCUT2D eigenvalue weighted by Crippen LogP contribution is 2.52. The van der Waals surface area contributed by atoms with Gasteiger partial charge in [-0.3, -0.25) is 4.99 Å². The molecule has 0 aromatic heterocycles. The maximum atomic E-state index is 5.88. The van der Waals surface area contributed by atoms with E-state index in [4.69, 9.17) is 14.2 Å². The van der Waals surface area contributed by atoms with Crippen LogP contribution in [0.15, 0.2) is 4.99 Å². The van der Waals surface area contributed by atoms with Gasteiger partial charge in [0.1, 0.15) is 0 Å². The molecule has 7 heteroatoms. The topological polar surface area (TPSA) is 55.3 Å². The summed E-state index contributed by atoms with van der Waals surface area (Å²) in [5.74, 6) is 1.59. The van der Waals surface area contributed by atoms with E-state index < -0.39 is 0 Å². The second-order valence-electron chi connectivity index (χ2n) is 7.13. The second-order valence-corrected chi connectivity index (χ2v) is 7.13. The lowest BCUT2D eigenvalue weighted by atomic mass is 9.57. The van der Waals surface area contributed by atoms with Gasteiger partial charge in [0.05, 0.1) is 25.4 Å². The molecular formula is C16H30IN3O3. The largest absolute Gasteiger partial charge is 0.382 e. The number of guanidine groups is 1. The van der Waals surface area contributed by atoms with Gasteiger partial charge in [-0.05, 0) is 6.42 Å². The molecule has 0 bridgehead atoms. The summed E-state index contributed by atoms with van der Waals surface area (Å²) in [7, 11) is 3.57. The lowest BCUT2D eigenvalue weighted by Gasteiger charge is -2.55. The Bertz CT molecular complexity index is 431. The molecule has 3 aliphatic rings. The normalized spacial score (nSPS) is 36.0. The Kier molecular flexibility index (Phi) is 6.55. The van der Waals surface area contributed by atoms with E-state index in [2.05, 4.69) is 29.1 Å². The monoisotopic (exact) mass is 439 g/mol. The van der Waals surface area contributed by atoms with Crippen LogP contribution in [-0.2, 0) is 14.2 Å². The second kappa shape index (κ2) is 7.84. The van der Waals surface area contributed by atoms with Crippen molar-refractivity contribution in [3.05, 3.63) is 0 Å². The van der Waals surface area contributed by atoms with Crippen molar-refractivity contribution in [1.29, 1.82) is 0 Å². The summed E-state index contributed by atoms with van der Waals surface area (Å²) >= 11 is 0. The highest BCUT2D eigenvalue weighted by Gasteiger charge is 2.59. The highest BCUT2D eigenvalue weighted by molar-refractivity contribution is 14.0. The fraction of sp³-hybridized carbons (Fsp3) is 0.938. The molecule has 4 atom stereocenters. The van der Waals surface area contributed by atoms with Gasteiger partial charge in [0.15, 0.2) is 5.96 Å². The molecular weight excluding hydrogens is 409 g/mol. The first kappa shape index (κ1) is 19.2. The average molecular weight is 439 g/mol. The average Bonchev–Trinajstić information content (AvgIpc) is 2.95. The summed E-state index contributed by atoms with van der Waals surface area (Å²) in [6.07, 6.45) is 1.67. The zero-order valence-electron chi connectivity index (χ0n) is 14.6. The van der Waals surface area contributed by atoms with Crippen LogP contribution in [-0.4, -0.2) is 76.2 Å². The van der Waals surface area contributed by atoms with Gasteiger partial charge >= 0.3 is 0 Å². The molecule has 1 aliphatic carbocycles. The Labute approximate surface area is 156 Å². The van der Waals surface area contributed by atoms with E-state index >= 15 is 0 Å². The zero-order valence-corrected chi connectivity index (χ0v) is 16.9. The predicted octanol–water partition coefficient (Wildman–Crippen LogP) is 1.34. The number of rotatable bonds is 3. The van der Waals surface area contributed by atoms with Crippen molar-refractivity contribution in [2.45, 2.75) is 38.5 Å². The van der Waals surface area contributed by atoms with Gasteiger partial charge in [0.25, 0.3) is 0 Å². The number of halogens is 1. The van der Waals surface area contributed by atoms with Crippen molar-refractivity contribution in [3.8, 4) is 0 Å². The van der Waals surface area contributed by atoms with Crippen LogP contribution in [0.4, 0.5) is 0 Å². The van der Waals surface area contributed by atoms with Crippen molar-refractivity contribution in [2.75, 3.05) is 47.1 Å². The van der Waals surface area contributed by atoms with Gasteiger partial charge in [-0.15, -0.1) is 24.0 Å². The molecule has 1 N–H and O–H groups in total. The van der Waals surface area contributed by atoms with Crippen molar-refractivity contribution in [2.24, 2.45) is 16.3 Å². The number of nitrogens with zero attached hydrogens (tertiary/aromatic N) is 2. The molecule has 1 saturated carbocycles. The summed E-state index contributed by atoms with van der Waals surface area (Å²) < 4.78 is 16.8. The van der Waals surface area contributed by atoms with E-state index in [1.165, 1.54) is 0 Å². The van der Waals surface area contributed by atoms with Crippen molar-refractivity contribution in [3.63, 3.8) is 0 Å². The van der Waals surface area contributed by atoms with Crippen LogP contribution in [0.2, 0.25) is 0 Å². The predicted molar refractivity (Wildman–Crippen MR) is 101 cm³/mol. The lowest BCUT2D eigenvalue weighted by molar-refractivity contribution is -0.108. The molecule has 0 radical (unpaired) electrons. The SMILES string of the molecule is CN=C(NC1C2CCOC2C1(C)C)N1CCOC(COC)C1.I. The first-order chi connectivity index (χ1) is 10.6. The standard InChI is InChI=1S/C16H29N3O3.HI/c1-16(2)13(12-5-7-22-14(12)16)18-15(17-3)19-6-8-21-11(9-19)10-20-4;/h11-14H,5-10H2,1-4H3,(H,17,18);1H. The Morgan fingerprint density at radius 3 is 2.83 bits per heavy atom. The number of methoxy groups -OCH3 is 1. The number of ether oxygens (including phenoxy) is 3. The number of hydrogen-bond acceptors (Lipinski definition) is 4. The Morgan fingerprint density at radius 2 is 2.13 bits per heavy atom. The number of hydrogen-bond donors (Lipinski definition) is 1. The molecule has 2 saturated heterocycles. The molecule has 0 spiro atoms. The first-order valence-electron chi connectivity index (χ1n) is 8.28.